The summed E-state index contributed by atoms with van der Waals surface area (Å²) in [6, 6.07) is 19.8. The number of amides is 4. The van der Waals surface area contributed by atoms with Crippen molar-refractivity contribution in [2.75, 3.05) is 26.3 Å². The zero-order chi connectivity index (χ0) is 29.5. The molecule has 222 valence electrons. The van der Waals surface area contributed by atoms with Gasteiger partial charge in [0.05, 0.1) is 49.0 Å². The maximum atomic E-state index is 14.5. The largest absolute Gasteiger partial charge is 0.376 e. The molecule has 0 spiro atoms. The van der Waals surface area contributed by atoms with Crippen LogP contribution < -0.4 is 0 Å². The molecular formula is C35H36N2O6. The van der Waals surface area contributed by atoms with Gasteiger partial charge in [0.1, 0.15) is 0 Å². The van der Waals surface area contributed by atoms with E-state index in [1.54, 1.807) is 0 Å². The molecule has 8 nitrogen and oxygen atoms in total. The molecule has 4 heterocycles. The van der Waals surface area contributed by atoms with Crippen molar-refractivity contribution in [2.24, 2.45) is 35.0 Å². The normalized spacial score (nSPS) is 36.7. The number of imide groups is 2. The molecule has 2 bridgehead atoms. The SMILES string of the molecule is CC12C(c3ccccc3)=C(c3ccccc3)C([C@@H]3C(=O)N(C[C@H]4CCCO4)C(=O)[C@@H]31)[C@@H]1C(=O)N(C[C@@H]3CCCO3)C(=O)[C@@H]12. The first-order valence-electron chi connectivity index (χ1n) is 15.7. The van der Waals surface area contributed by atoms with E-state index in [-0.39, 0.29) is 48.9 Å². The van der Waals surface area contributed by atoms with Crippen molar-refractivity contribution in [3.8, 4) is 0 Å². The molecule has 2 aromatic carbocycles. The summed E-state index contributed by atoms with van der Waals surface area (Å²) in [5.74, 6) is -4.48. The molecule has 4 aliphatic heterocycles. The van der Waals surface area contributed by atoms with Gasteiger partial charge >= 0.3 is 0 Å². The number of nitrogens with zero attached hydrogens (tertiary/aromatic N) is 2. The summed E-state index contributed by atoms with van der Waals surface area (Å²) in [4.78, 5) is 60.6. The molecule has 2 aromatic rings. The molecule has 0 radical (unpaired) electrons. The molecule has 0 N–H and O–H groups in total. The Bertz CT molecular complexity index is 1460. The molecule has 4 saturated heterocycles. The van der Waals surface area contributed by atoms with Gasteiger partial charge in [-0.15, -0.1) is 0 Å². The highest BCUT2D eigenvalue weighted by Crippen LogP contribution is 2.72. The van der Waals surface area contributed by atoms with E-state index >= 15 is 0 Å². The van der Waals surface area contributed by atoms with Crippen LogP contribution in [0, 0.1) is 35.0 Å². The highest BCUT2D eigenvalue weighted by molar-refractivity contribution is 6.17. The van der Waals surface area contributed by atoms with Crippen LogP contribution >= 0.6 is 0 Å². The van der Waals surface area contributed by atoms with Gasteiger partial charge in [0.15, 0.2) is 0 Å². The van der Waals surface area contributed by atoms with Gasteiger partial charge in [-0.05, 0) is 48.0 Å². The molecule has 2 unspecified atom stereocenters. The molecule has 5 fully saturated rings. The zero-order valence-corrected chi connectivity index (χ0v) is 24.3. The van der Waals surface area contributed by atoms with Crippen molar-refractivity contribution in [1.82, 2.24) is 9.80 Å². The van der Waals surface area contributed by atoms with Crippen molar-refractivity contribution in [3.05, 3.63) is 71.8 Å². The van der Waals surface area contributed by atoms with E-state index in [4.69, 9.17) is 9.47 Å². The number of likely N-dealkylation sites (tertiary alicyclic amines) is 2. The van der Waals surface area contributed by atoms with Crippen molar-refractivity contribution >= 4 is 34.8 Å². The van der Waals surface area contributed by atoms with Crippen LogP contribution in [0.4, 0.5) is 0 Å². The van der Waals surface area contributed by atoms with Gasteiger partial charge in [0, 0.05) is 24.5 Å². The average molecular weight is 581 g/mol. The fourth-order valence-electron chi connectivity index (χ4n) is 9.40. The quantitative estimate of drug-likeness (QED) is 0.483. The van der Waals surface area contributed by atoms with E-state index in [9.17, 15) is 19.2 Å². The van der Waals surface area contributed by atoms with Crippen molar-refractivity contribution in [3.63, 3.8) is 0 Å². The summed E-state index contributed by atoms with van der Waals surface area (Å²) < 4.78 is 11.7. The Balaban J connectivity index is 1.33. The second kappa shape index (κ2) is 9.96. The number of carbonyl (C=O) groups is 4. The van der Waals surface area contributed by atoms with Gasteiger partial charge in [0.2, 0.25) is 23.6 Å². The minimum atomic E-state index is -1.08. The summed E-state index contributed by atoms with van der Waals surface area (Å²) in [6.07, 6.45) is 3.04. The Morgan fingerprint density at radius 1 is 0.651 bits per heavy atom. The lowest BCUT2D eigenvalue weighted by atomic mass is 9.41. The molecule has 7 aliphatic rings. The van der Waals surface area contributed by atoms with Gasteiger partial charge < -0.3 is 9.47 Å². The average Bonchev–Trinajstić information content (AvgIpc) is 3.83. The van der Waals surface area contributed by atoms with E-state index in [0.717, 1.165) is 48.0 Å². The summed E-state index contributed by atoms with van der Waals surface area (Å²) in [7, 11) is 0. The maximum Gasteiger partial charge on any atom is 0.234 e. The monoisotopic (exact) mass is 580 g/mol. The first-order chi connectivity index (χ1) is 20.9. The Kier molecular flexibility index (Phi) is 6.25. The summed E-state index contributed by atoms with van der Waals surface area (Å²) in [5.41, 5.74) is 2.59. The molecule has 8 heteroatoms. The lowest BCUT2D eigenvalue weighted by Crippen LogP contribution is -2.59. The second-order valence-corrected chi connectivity index (χ2v) is 13.2. The highest BCUT2D eigenvalue weighted by Gasteiger charge is 2.76. The van der Waals surface area contributed by atoms with Crippen LogP contribution in [0.15, 0.2) is 60.7 Å². The molecule has 4 amide bonds. The Morgan fingerprint density at radius 3 is 1.56 bits per heavy atom. The predicted molar refractivity (Wildman–Crippen MR) is 157 cm³/mol. The fourth-order valence-corrected chi connectivity index (χ4v) is 9.40. The van der Waals surface area contributed by atoms with Gasteiger partial charge in [-0.2, -0.15) is 0 Å². The molecule has 43 heavy (non-hydrogen) atoms. The van der Waals surface area contributed by atoms with E-state index < -0.39 is 35.0 Å². The molecular weight excluding hydrogens is 544 g/mol. The first kappa shape index (κ1) is 27.0. The van der Waals surface area contributed by atoms with Crippen LogP contribution in [-0.2, 0) is 28.7 Å². The number of hydrogen-bond acceptors (Lipinski definition) is 6. The number of benzene rings is 2. The summed E-state index contributed by atoms with van der Waals surface area (Å²) in [6.45, 7) is 3.66. The Hall–Kier alpha value is -3.62. The fraction of sp³-hybridized carbons (Fsp3) is 0.486. The molecule has 9 rings (SSSR count). The van der Waals surface area contributed by atoms with E-state index in [1.807, 2.05) is 67.6 Å². The Labute approximate surface area is 251 Å². The van der Waals surface area contributed by atoms with Crippen LogP contribution in [0.25, 0.3) is 11.1 Å². The van der Waals surface area contributed by atoms with Gasteiger partial charge in [-0.3, -0.25) is 29.0 Å². The minimum absolute atomic E-state index is 0.182. The van der Waals surface area contributed by atoms with Crippen LogP contribution in [0.5, 0.6) is 0 Å². The summed E-state index contributed by atoms with van der Waals surface area (Å²) >= 11 is 0. The van der Waals surface area contributed by atoms with E-state index in [0.29, 0.717) is 13.2 Å². The zero-order valence-electron chi connectivity index (χ0n) is 24.3. The van der Waals surface area contributed by atoms with Crippen LogP contribution in [-0.4, -0.2) is 71.9 Å². The lowest BCUT2D eigenvalue weighted by Gasteiger charge is -2.57. The number of rotatable bonds is 6. The molecule has 0 aromatic heterocycles. The summed E-state index contributed by atoms with van der Waals surface area (Å²) in [5, 5.41) is 0. The standard InChI is InChI=1S/C35H36N2O6/c1-35-28(21-12-6-3-7-13-21)24(20-10-4-2-5-11-20)25(26-29(35)33(40)36(31(26)38)18-22-14-8-16-42-22)27-30(35)34(41)37(32(27)39)19-23-15-9-17-43-23/h2-7,10-13,22-23,25-27,29-30H,8-9,14-19H2,1H3/t22-,23+,25?,26-,27-,29+,30+,35?/m0/s1. The smallest absolute Gasteiger partial charge is 0.234 e. The van der Waals surface area contributed by atoms with Gasteiger partial charge in [-0.25, -0.2) is 0 Å². The van der Waals surface area contributed by atoms with Crippen molar-refractivity contribution in [2.45, 2.75) is 44.8 Å². The van der Waals surface area contributed by atoms with Crippen LogP contribution in [0.2, 0.25) is 0 Å². The third-order valence-electron chi connectivity index (χ3n) is 11.1. The van der Waals surface area contributed by atoms with Crippen LogP contribution in [0.1, 0.15) is 43.7 Å². The number of ether oxygens (including phenoxy) is 2. The van der Waals surface area contributed by atoms with Crippen molar-refractivity contribution < 1.29 is 28.7 Å². The molecule has 3 aliphatic carbocycles. The topological polar surface area (TPSA) is 93.2 Å². The van der Waals surface area contributed by atoms with Gasteiger partial charge in [-0.1, -0.05) is 67.6 Å². The minimum Gasteiger partial charge on any atom is -0.376 e. The lowest BCUT2D eigenvalue weighted by molar-refractivity contribution is -0.144. The first-order valence-corrected chi connectivity index (χ1v) is 15.7. The van der Waals surface area contributed by atoms with Crippen molar-refractivity contribution in [1.29, 1.82) is 0 Å². The number of hydrogen-bond donors (Lipinski definition) is 0. The number of allylic oxidation sites excluding steroid dienone is 2. The maximum absolute atomic E-state index is 14.5. The molecule has 8 atom stereocenters. The van der Waals surface area contributed by atoms with E-state index in [1.165, 1.54) is 9.80 Å². The highest BCUT2D eigenvalue weighted by atomic mass is 16.5. The number of carbonyl (C=O) groups excluding carboxylic acids is 4. The van der Waals surface area contributed by atoms with Gasteiger partial charge in [0.25, 0.3) is 0 Å². The van der Waals surface area contributed by atoms with Crippen LogP contribution in [0.3, 0.4) is 0 Å². The Morgan fingerprint density at radius 2 is 1.12 bits per heavy atom. The third kappa shape index (κ3) is 3.75. The second-order valence-electron chi connectivity index (χ2n) is 13.2. The molecule has 1 saturated carbocycles. The van der Waals surface area contributed by atoms with E-state index in [2.05, 4.69) is 0 Å². The third-order valence-corrected chi connectivity index (χ3v) is 11.1. The predicted octanol–water partition coefficient (Wildman–Crippen LogP) is 3.81.